The Hall–Kier alpha value is -2.77. The standard InChI is InChI=1S/C26H33FN4O2/c1-3-4-5-6-15-30-18-26(32)25(16-24(30)20-9-13-22(33-2)14-10-20)31-17-23(28-29-31)19-7-11-21(27)12-8-19/h7-14,17,24-26,32H,3-6,15-16,18H2,1-2H3/t24-,25-,26-/m1/s1. The zero-order valence-corrected chi connectivity index (χ0v) is 19.4. The summed E-state index contributed by atoms with van der Waals surface area (Å²) in [6, 6.07) is 14.4. The van der Waals surface area contributed by atoms with Crippen LogP contribution in [0.4, 0.5) is 4.39 Å². The number of β-amino-alcohol motifs (C(OH)–C–C–N with tert-alkyl or cyclic N) is 1. The maximum Gasteiger partial charge on any atom is 0.123 e. The van der Waals surface area contributed by atoms with E-state index >= 15 is 0 Å². The molecule has 2 aromatic carbocycles. The van der Waals surface area contributed by atoms with Gasteiger partial charge in [0.2, 0.25) is 0 Å². The van der Waals surface area contributed by atoms with Crippen molar-refractivity contribution in [2.45, 2.75) is 57.2 Å². The molecule has 3 aromatic rings. The molecule has 33 heavy (non-hydrogen) atoms. The van der Waals surface area contributed by atoms with Gasteiger partial charge in [-0.15, -0.1) is 5.10 Å². The van der Waals surface area contributed by atoms with Gasteiger partial charge in [-0.2, -0.15) is 0 Å². The molecule has 1 aliphatic rings. The van der Waals surface area contributed by atoms with E-state index in [0.717, 1.165) is 30.7 Å². The monoisotopic (exact) mass is 452 g/mol. The highest BCUT2D eigenvalue weighted by Gasteiger charge is 2.37. The van der Waals surface area contributed by atoms with Gasteiger partial charge in [-0.25, -0.2) is 9.07 Å². The fourth-order valence-electron chi connectivity index (χ4n) is 4.66. The summed E-state index contributed by atoms with van der Waals surface area (Å²) in [7, 11) is 1.67. The van der Waals surface area contributed by atoms with Crippen LogP contribution >= 0.6 is 0 Å². The van der Waals surface area contributed by atoms with Crippen molar-refractivity contribution in [1.29, 1.82) is 0 Å². The number of nitrogens with zero attached hydrogens (tertiary/aromatic N) is 4. The molecule has 0 saturated carbocycles. The molecule has 0 bridgehead atoms. The Morgan fingerprint density at radius 1 is 1.06 bits per heavy atom. The number of unbranched alkanes of at least 4 members (excludes halogenated alkanes) is 3. The molecular formula is C26H33FN4O2. The van der Waals surface area contributed by atoms with Crippen LogP contribution in [0.2, 0.25) is 0 Å². The Morgan fingerprint density at radius 3 is 2.52 bits per heavy atom. The number of ether oxygens (including phenoxy) is 1. The zero-order valence-electron chi connectivity index (χ0n) is 19.4. The number of benzene rings is 2. The van der Waals surface area contributed by atoms with E-state index in [4.69, 9.17) is 4.74 Å². The molecule has 1 saturated heterocycles. The SMILES string of the molecule is CCCCCCN1C[C@@H](O)[C@H](n2cc(-c3ccc(F)cc3)nn2)C[C@@H]1c1ccc(OC)cc1. The highest BCUT2D eigenvalue weighted by molar-refractivity contribution is 5.57. The van der Waals surface area contributed by atoms with Crippen LogP contribution in [-0.4, -0.2) is 51.3 Å². The first kappa shape index (κ1) is 23.4. The first-order valence-electron chi connectivity index (χ1n) is 11.8. The van der Waals surface area contributed by atoms with Crippen LogP contribution in [0.15, 0.2) is 54.7 Å². The summed E-state index contributed by atoms with van der Waals surface area (Å²) in [6.07, 6.45) is 6.79. The lowest BCUT2D eigenvalue weighted by Crippen LogP contribution is -2.46. The number of aromatic nitrogens is 3. The molecule has 7 heteroatoms. The third kappa shape index (κ3) is 5.60. The van der Waals surface area contributed by atoms with E-state index in [1.807, 2.05) is 18.3 Å². The summed E-state index contributed by atoms with van der Waals surface area (Å²) in [5.74, 6) is 0.552. The van der Waals surface area contributed by atoms with Gasteiger partial charge >= 0.3 is 0 Å². The quantitative estimate of drug-likeness (QED) is 0.462. The van der Waals surface area contributed by atoms with Gasteiger partial charge in [-0.3, -0.25) is 4.90 Å². The largest absolute Gasteiger partial charge is 0.497 e. The van der Waals surface area contributed by atoms with Crippen LogP contribution in [0.25, 0.3) is 11.3 Å². The first-order chi connectivity index (χ1) is 16.1. The summed E-state index contributed by atoms with van der Waals surface area (Å²) < 4.78 is 20.4. The second kappa shape index (κ2) is 10.9. The third-order valence-corrected chi connectivity index (χ3v) is 6.56. The number of hydrogen-bond acceptors (Lipinski definition) is 5. The van der Waals surface area contributed by atoms with Gasteiger partial charge in [-0.05, 0) is 61.3 Å². The van der Waals surface area contributed by atoms with Gasteiger partial charge in [0.05, 0.1) is 25.5 Å². The van der Waals surface area contributed by atoms with E-state index in [-0.39, 0.29) is 17.9 Å². The fraction of sp³-hybridized carbons (Fsp3) is 0.462. The third-order valence-electron chi connectivity index (χ3n) is 6.56. The Morgan fingerprint density at radius 2 is 1.82 bits per heavy atom. The van der Waals surface area contributed by atoms with Crippen LogP contribution in [0, 0.1) is 5.82 Å². The summed E-state index contributed by atoms with van der Waals surface area (Å²) in [6.45, 7) is 3.76. The molecule has 0 spiro atoms. The molecule has 1 aromatic heterocycles. The van der Waals surface area contributed by atoms with Crippen LogP contribution in [0.3, 0.4) is 0 Å². The molecule has 1 aliphatic heterocycles. The normalized spacial score (nSPS) is 21.3. The zero-order chi connectivity index (χ0) is 23.2. The summed E-state index contributed by atoms with van der Waals surface area (Å²) in [4.78, 5) is 2.40. The molecule has 0 amide bonds. The van der Waals surface area contributed by atoms with Crippen LogP contribution in [-0.2, 0) is 0 Å². The lowest BCUT2D eigenvalue weighted by Gasteiger charge is -2.42. The minimum atomic E-state index is -0.548. The van der Waals surface area contributed by atoms with Crippen molar-refractivity contribution in [1.82, 2.24) is 19.9 Å². The van der Waals surface area contributed by atoms with E-state index in [9.17, 15) is 9.50 Å². The number of halogens is 1. The average molecular weight is 453 g/mol. The molecule has 4 rings (SSSR count). The molecule has 1 fully saturated rings. The van der Waals surface area contributed by atoms with E-state index in [0.29, 0.717) is 12.2 Å². The lowest BCUT2D eigenvalue weighted by molar-refractivity contribution is -0.0102. The average Bonchev–Trinajstić information content (AvgIpc) is 3.32. The van der Waals surface area contributed by atoms with Gasteiger partial charge in [0.25, 0.3) is 0 Å². The number of piperidine rings is 1. The van der Waals surface area contributed by atoms with E-state index < -0.39 is 6.10 Å². The summed E-state index contributed by atoms with van der Waals surface area (Å²) in [5, 5.41) is 19.7. The number of hydrogen-bond donors (Lipinski definition) is 1. The second-order valence-electron chi connectivity index (χ2n) is 8.81. The molecule has 1 N–H and O–H groups in total. The summed E-state index contributed by atoms with van der Waals surface area (Å²) in [5.41, 5.74) is 2.68. The number of rotatable bonds is 9. The molecule has 3 atom stereocenters. The highest BCUT2D eigenvalue weighted by Crippen LogP contribution is 2.37. The number of methoxy groups -OCH3 is 1. The smallest absolute Gasteiger partial charge is 0.123 e. The van der Waals surface area contributed by atoms with E-state index in [1.54, 1.807) is 23.9 Å². The Bertz CT molecular complexity index is 1010. The van der Waals surface area contributed by atoms with Gasteiger partial charge in [0, 0.05) is 18.2 Å². The minimum absolute atomic E-state index is 0.171. The summed E-state index contributed by atoms with van der Waals surface area (Å²) >= 11 is 0. The molecule has 0 radical (unpaired) electrons. The van der Waals surface area contributed by atoms with Crippen molar-refractivity contribution >= 4 is 0 Å². The molecule has 0 unspecified atom stereocenters. The van der Waals surface area contributed by atoms with Crippen molar-refractivity contribution < 1.29 is 14.2 Å². The van der Waals surface area contributed by atoms with Crippen molar-refractivity contribution in [3.05, 3.63) is 66.1 Å². The number of aliphatic hydroxyl groups is 1. The Balaban J connectivity index is 1.55. The first-order valence-corrected chi connectivity index (χ1v) is 11.8. The number of likely N-dealkylation sites (tertiary alicyclic amines) is 1. The van der Waals surface area contributed by atoms with Gasteiger partial charge in [0.15, 0.2) is 0 Å². The lowest BCUT2D eigenvalue weighted by atomic mass is 9.89. The van der Waals surface area contributed by atoms with Gasteiger partial charge < -0.3 is 9.84 Å². The van der Waals surface area contributed by atoms with E-state index in [1.165, 1.54) is 37.0 Å². The molecule has 6 nitrogen and oxygen atoms in total. The Labute approximate surface area is 195 Å². The maximum atomic E-state index is 13.3. The second-order valence-corrected chi connectivity index (χ2v) is 8.81. The predicted octanol–water partition coefficient (Wildman–Crippen LogP) is 5.02. The van der Waals surface area contributed by atoms with Crippen molar-refractivity contribution in [2.24, 2.45) is 0 Å². The fourth-order valence-corrected chi connectivity index (χ4v) is 4.66. The van der Waals surface area contributed by atoms with Gasteiger partial charge in [0.1, 0.15) is 17.3 Å². The van der Waals surface area contributed by atoms with Gasteiger partial charge in [-0.1, -0.05) is 43.5 Å². The number of aliphatic hydroxyl groups excluding tert-OH is 1. The van der Waals surface area contributed by atoms with Crippen molar-refractivity contribution in [3.8, 4) is 17.0 Å². The maximum absolute atomic E-state index is 13.3. The minimum Gasteiger partial charge on any atom is -0.497 e. The molecule has 2 heterocycles. The van der Waals surface area contributed by atoms with Crippen molar-refractivity contribution in [2.75, 3.05) is 20.2 Å². The molecule has 0 aliphatic carbocycles. The highest BCUT2D eigenvalue weighted by atomic mass is 19.1. The Kier molecular flexibility index (Phi) is 7.73. The molecule has 176 valence electrons. The molecular weight excluding hydrogens is 419 g/mol. The topological polar surface area (TPSA) is 63.4 Å². The van der Waals surface area contributed by atoms with Crippen LogP contribution in [0.5, 0.6) is 5.75 Å². The van der Waals surface area contributed by atoms with E-state index in [2.05, 4.69) is 34.3 Å². The predicted molar refractivity (Wildman–Crippen MR) is 127 cm³/mol. The van der Waals surface area contributed by atoms with Crippen molar-refractivity contribution in [3.63, 3.8) is 0 Å². The van der Waals surface area contributed by atoms with Crippen LogP contribution < -0.4 is 4.74 Å². The van der Waals surface area contributed by atoms with Crippen LogP contribution in [0.1, 0.15) is 56.7 Å².